The number of hydrogen-bond donors (Lipinski definition) is 2. The van der Waals surface area contributed by atoms with Crippen molar-refractivity contribution in [2.45, 2.75) is 12.5 Å². The Hall–Kier alpha value is -2.76. The van der Waals surface area contributed by atoms with E-state index in [9.17, 15) is 14.0 Å². The SMILES string of the molecule is O=C(NC(Cc1ccccc1F)C(=O)O)c1cccnc1. The zero-order valence-electron chi connectivity index (χ0n) is 11.0. The number of amides is 1. The third-order valence-corrected chi connectivity index (χ3v) is 2.91. The number of aromatic nitrogens is 1. The lowest BCUT2D eigenvalue weighted by Gasteiger charge is -2.15. The first-order valence-corrected chi connectivity index (χ1v) is 6.25. The second kappa shape index (κ2) is 6.60. The Morgan fingerprint density at radius 2 is 2.00 bits per heavy atom. The predicted octanol–water partition coefficient (Wildman–Crippen LogP) is 1.65. The van der Waals surface area contributed by atoms with Crippen LogP contribution >= 0.6 is 0 Å². The zero-order valence-corrected chi connectivity index (χ0v) is 11.0. The van der Waals surface area contributed by atoms with E-state index in [-0.39, 0.29) is 17.5 Å². The molecule has 1 unspecified atom stereocenters. The van der Waals surface area contributed by atoms with Crippen molar-refractivity contribution in [2.75, 3.05) is 0 Å². The van der Waals surface area contributed by atoms with E-state index in [0.717, 1.165) is 0 Å². The minimum atomic E-state index is -1.23. The highest BCUT2D eigenvalue weighted by molar-refractivity contribution is 5.96. The summed E-state index contributed by atoms with van der Waals surface area (Å²) in [6.45, 7) is 0. The zero-order chi connectivity index (χ0) is 15.2. The van der Waals surface area contributed by atoms with Crippen LogP contribution in [0.15, 0.2) is 48.8 Å². The highest BCUT2D eigenvalue weighted by atomic mass is 19.1. The fraction of sp³-hybridized carbons (Fsp3) is 0.133. The fourth-order valence-corrected chi connectivity index (χ4v) is 1.82. The molecule has 0 saturated carbocycles. The highest BCUT2D eigenvalue weighted by Crippen LogP contribution is 2.10. The minimum Gasteiger partial charge on any atom is -0.480 e. The van der Waals surface area contributed by atoms with Gasteiger partial charge in [0.2, 0.25) is 0 Å². The van der Waals surface area contributed by atoms with Crippen LogP contribution in [0.1, 0.15) is 15.9 Å². The van der Waals surface area contributed by atoms with Gasteiger partial charge in [0.05, 0.1) is 5.56 Å². The van der Waals surface area contributed by atoms with Gasteiger partial charge < -0.3 is 10.4 Å². The summed E-state index contributed by atoms with van der Waals surface area (Å²) >= 11 is 0. The second-order valence-electron chi connectivity index (χ2n) is 4.40. The molecule has 0 spiro atoms. The number of carbonyl (C=O) groups excluding carboxylic acids is 1. The number of carboxylic acid groups (broad SMARTS) is 1. The molecule has 0 aliphatic rings. The number of rotatable bonds is 5. The Morgan fingerprint density at radius 1 is 1.24 bits per heavy atom. The Bertz CT molecular complexity index is 646. The van der Waals surface area contributed by atoms with Crippen LogP contribution in [-0.4, -0.2) is 28.0 Å². The first-order valence-electron chi connectivity index (χ1n) is 6.25. The molecule has 0 radical (unpaired) electrons. The van der Waals surface area contributed by atoms with E-state index in [1.165, 1.54) is 36.7 Å². The molecular weight excluding hydrogens is 275 g/mol. The summed E-state index contributed by atoms with van der Waals surface area (Å²) in [5.74, 6) is -2.29. The molecule has 1 heterocycles. The molecule has 1 aromatic heterocycles. The topological polar surface area (TPSA) is 79.3 Å². The summed E-state index contributed by atoms with van der Waals surface area (Å²) in [5.41, 5.74) is 0.480. The second-order valence-corrected chi connectivity index (χ2v) is 4.40. The van der Waals surface area contributed by atoms with Crippen molar-refractivity contribution in [2.24, 2.45) is 0 Å². The molecule has 1 amide bonds. The monoisotopic (exact) mass is 288 g/mol. The van der Waals surface area contributed by atoms with Crippen molar-refractivity contribution in [1.29, 1.82) is 0 Å². The molecule has 2 rings (SSSR count). The summed E-state index contributed by atoms with van der Waals surface area (Å²) in [7, 11) is 0. The van der Waals surface area contributed by atoms with Crippen LogP contribution in [0.3, 0.4) is 0 Å². The van der Waals surface area contributed by atoms with Gasteiger partial charge in [-0.05, 0) is 23.8 Å². The van der Waals surface area contributed by atoms with Gasteiger partial charge in [-0.25, -0.2) is 9.18 Å². The van der Waals surface area contributed by atoms with Gasteiger partial charge >= 0.3 is 5.97 Å². The third kappa shape index (κ3) is 3.85. The summed E-state index contributed by atoms with van der Waals surface area (Å²) in [6.07, 6.45) is 2.70. The lowest BCUT2D eigenvalue weighted by Crippen LogP contribution is -2.42. The average molecular weight is 288 g/mol. The van der Waals surface area contributed by atoms with Crippen LogP contribution < -0.4 is 5.32 Å². The van der Waals surface area contributed by atoms with Crippen molar-refractivity contribution in [3.63, 3.8) is 0 Å². The van der Waals surface area contributed by atoms with Gasteiger partial charge in [0, 0.05) is 18.8 Å². The van der Waals surface area contributed by atoms with E-state index in [2.05, 4.69) is 10.3 Å². The maximum Gasteiger partial charge on any atom is 0.326 e. The highest BCUT2D eigenvalue weighted by Gasteiger charge is 2.22. The van der Waals surface area contributed by atoms with Gasteiger partial charge in [-0.3, -0.25) is 9.78 Å². The van der Waals surface area contributed by atoms with Crippen molar-refractivity contribution in [1.82, 2.24) is 10.3 Å². The maximum absolute atomic E-state index is 13.6. The summed E-state index contributed by atoms with van der Waals surface area (Å²) in [5, 5.41) is 11.5. The van der Waals surface area contributed by atoms with E-state index < -0.39 is 23.7 Å². The van der Waals surface area contributed by atoms with Crippen LogP contribution in [0, 0.1) is 5.82 Å². The average Bonchev–Trinajstić information content (AvgIpc) is 2.49. The Morgan fingerprint density at radius 3 is 2.62 bits per heavy atom. The standard InChI is InChI=1S/C15H13FN2O3/c16-12-6-2-1-4-10(12)8-13(15(20)21)18-14(19)11-5-3-7-17-9-11/h1-7,9,13H,8H2,(H,18,19)(H,20,21). The molecule has 0 aliphatic heterocycles. The number of nitrogens with one attached hydrogen (secondary N) is 1. The number of carboxylic acids is 1. The van der Waals surface area contributed by atoms with Gasteiger partial charge in [-0.2, -0.15) is 0 Å². The van der Waals surface area contributed by atoms with Gasteiger partial charge in [-0.1, -0.05) is 18.2 Å². The van der Waals surface area contributed by atoms with Crippen LogP contribution in [-0.2, 0) is 11.2 Å². The molecule has 0 aliphatic carbocycles. The largest absolute Gasteiger partial charge is 0.480 e. The molecule has 2 N–H and O–H groups in total. The number of aliphatic carboxylic acids is 1. The number of nitrogens with zero attached hydrogens (tertiary/aromatic N) is 1. The van der Waals surface area contributed by atoms with Crippen LogP contribution in [0.5, 0.6) is 0 Å². The van der Waals surface area contributed by atoms with Crippen molar-refractivity contribution in [3.05, 3.63) is 65.7 Å². The van der Waals surface area contributed by atoms with Crippen molar-refractivity contribution >= 4 is 11.9 Å². The molecular formula is C15H13FN2O3. The lowest BCUT2D eigenvalue weighted by atomic mass is 10.0. The number of carbonyl (C=O) groups is 2. The normalized spacial score (nSPS) is 11.7. The van der Waals surface area contributed by atoms with Gasteiger partial charge in [0.1, 0.15) is 11.9 Å². The smallest absolute Gasteiger partial charge is 0.326 e. The summed E-state index contributed by atoms with van der Waals surface area (Å²) < 4.78 is 13.6. The van der Waals surface area contributed by atoms with Crippen LogP contribution in [0.2, 0.25) is 0 Å². The fourth-order valence-electron chi connectivity index (χ4n) is 1.82. The van der Waals surface area contributed by atoms with Gasteiger partial charge in [0.25, 0.3) is 5.91 Å². The van der Waals surface area contributed by atoms with E-state index in [1.807, 2.05) is 0 Å². The van der Waals surface area contributed by atoms with E-state index in [1.54, 1.807) is 12.1 Å². The molecule has 0 bridgehead atoms. The minimum absolute atomic E-state index is 0.131. The molecule has 6 heteroatoms. The van der Waals surface area contributed by atoms with Crippen LogP contribution in [0.25, 0.3) is 0 Å². The molecule has 5 nitrogen and oxygen atoms in total. The number of halogens is 1. The van der Waals surface area contributed by atoms with E-state index in [0.29, 0.717) is 0 Å². The molecule has 0 saturated heterocycles. The Kier molecular flexibility index (Phi) is 4.61. The molecule has 2 aromatic rings. The number of pyridine rings is 1. The maximum atomic E-state index is 13.6. The molecule has 108 valence electrons. The number of benzene rings is 1. The summed E-state index contributed by atoms with van der Waals surface area (Å²) in [6, 6.07) is 7.74. The summed E-state index contributed by atoms with van der Waals surface area (Å²) in [4.78, 5) is 26.9. The molecule has 0 fully saturated rings. The van der Waals surface area contributed by atoms with Crippen molar-refractivity contribution in [3.8, 4) is 0 Å². The Balaban J connectivity index is 2.12. The first-order chi connectivity index (χ1) is 10.1. The van der Waals surface area contributed by atoms with Crippen LogP contribution in [0.4, 0.5) is 4.39 Å². The lowest BCUT2D eigenvalue weighted by molar-refractivity contribution is -0.139. The van der Waals surface area contributed by atoms with Gasteiger partial charge in [0.15, 0.2) is 0 Å². The first kappa shape index (κ1) is 14.6. The Labute approximate surface area is 120 Å². The predicted molar refractivity (Wildman–Crippen MR) is 73.2 cm³/mol. The van der Waals surface area contributed by atoms with E-state index >= 15 is 0 Å². The molecule has 1 aromatic carbocycles. The number of hydrogen-bond acceptors (Lipinski definition) is 3. The molecule has 1 atom stereocenters. The van der Waals surface area contributed by atoms with E-state index in [4.69, 9.17) is 5.11 Å². The quantitative estimate of drug-likeness (QED) is 0.876. The molecule has 21 heavy (non-hydrogen) atoms. The van der Waals surface area contributed by atoms with Crippen molar-refractivity contribution < 1.29 is 19.1 Å². The van der Waals surface area contributed by atoms with Gasteiger partial charge in [-0.15, -0.1) is 0 Å². The third-order valence-electron chi connectivity index (χ3n) is 2.91.